The summed E-state index contributed by atoms with van der Waals surface area (Å²) in [6.45, 7) is 2.61. The van der Waals surface area contributed by atoms with Crippen molar-refractivity contribution in [1.29, 1.82) is 0 Å². The third kappa shape index (κ3) is 4.07. The van der Waals surface area contributed by atoms with Crippen molar-refractivity contribution in [2.24, 2.45) is 5.73 Å². The Bertz CT molecular complexity index is 783. The Balaban J connectivity index is 1.87. The predicted molar refractivity (Wildman–Crippen MR) is 98.5 cm³/mol. The highest BCUT2D eigenvalue weighted by atomic mass is 16.2. The van der Waals surface area contributed by atoms with Crippen molar-refractivity contribution in [3.8, 4) is 0 Å². The second-order valence-electron chi connectivity index (χ2n) is 6.80. The lowest BCUT2D eigenvalue weighted by Gasteiger charge is -2.34. The van der Waals surface area contributed by atoms with Gasteiger partial charge in [-0.05, 0) is 30.9 Å². The van der Waals surface area contributed by atoms with Crippen LogP contribution in [0, 0.1) is 6.92 Å². The Kier molecular flexibility index (Phi) is 5.61. The van der Waals surface area contributed by atoms with Crippen molar-refractivity contribution < 1.29 is 9.59 Å². The maximum atomic E-state index is 13.1. The lowest BCUT2D eigenvalue weighted by atomic mass is 9.93. The van der Waals surface area contributed by atoms with E-state index in [-0.39, 0.29) is 23.3 Å². The number of carbonyl (C=O) groups is 2. The molecule has 26 heavy (non-hydrogen) atoms. The molecule has 0 bridgehead atoms. The first-order valence-corrected chi connectivity index (χ1v) is 9.03. The van der Waals surface area contributed by atoms with Gasteiger partial charge in [0.15, 0.2) is 0 Å². The number of benzene rings is 1. The van der Waals surface area contributed by atoms with Gasteiger partial charge >= 0.3 is 0 Å². The highest BCUT2D eigenvalue weighted by Crippen LogP contribution is 2.26. The number of nitrogens with zero attached hydrogens (tertiary/aromatic N) is 3. The number of carbonyl (C=O) groups excluding carboxylic acids is 2. The van der Waals surface area contributed by atoms with Crippen LogP contribution in [-0.4, -0.2) is 32.7 Å². The van der Waals surface area contributed by atoms with Crippen molar-refractivity contribution in [2.75, 3.05) is 0 Å². The van der Waals surface area contributed by atoms with Gasteiger partial charge in [-0.25, -0.2) is 9.97 Å². The molecule has 136 valence electrons. The van der Waals surface area contributed by atoms with Crippen molar-refractivity contribution in [3.05, 3.63) is 59.2 Å². The van der Waals surface area contributed by atoms with Crippen LogP contribution in [0.3, 0.4) is 0 Å². The first kappa shape index (κ1) is 18.0. The fourth-order valence-corrected chi connectivity index (χ4v) is 3.44. The Morgan fingerprint density at radius 3 is 2.35 bits per heavy atom. The van der Waals surface area contributed by atoms with E-state index in [1.165, 1.54) is 18.8 Å². The Morgan fingerprint density at radius 1 is 1.08 bits per heavy atom. The zero-order valence-electron chi connectivity index (χ0n) is 15.0. The van der Waals surface area contributed by atoms with Crippen LogP contribution in [0.4, 0.5) is 0 Å². The molecule has 6 nitrogen and oxygen atoms in total. The minimum Gasteiger partial charge on any atom is -0.364 e. The van der Waals surface area contributed by atoms with Crippen LogP contribution in [0.25, 0.3) is 0 Å². The van der Waals surface area contributed by atoms with Gasteiger partial charge in [0.2, 0.25) is 0 Å². The quantitative estimate of drug-likeness (QED) is 0.896. The molecule has 1 aliphatic carbocycles. The molecule has 0 atom stereocenters. The van der Waals surface area contributed by atoms with Gasteiger partial charge in [-0.2, -0.15) is 0 Å². The third-order valence-electron chi connectivity index (χ3n) is 5.00. The molecule has 1 fully saturated rings. The lowest BCUT2D eigenvalue weighted by Crippen LogP contribution is -2.41. The van der Waals surface area contributed by atoms with E-state index in [0.717, 1.165) is 36.8 Å². The van der Waals surface area contributed by atoms with Crippen molar-refractivity contribution in [2.45, 2.75) is 51.6 Å². The Labute approximate surface area is 153 Å². The van der Waals surface area contributed by atoms with Gasteiger partial charge in [0.25, 0.3) is 11.8 Å². The maximum absolute atomic E-state index is 13.1. The van der Waals surface area contributed by atoms with Crippen LogP contribution >= 0.6 is 0 Å². The molecule has 2 amide bonds. The minimum absolute atomic E-state index is 0.0599. The molecule has 2 N–H and O–H groups in total. The van der Waals surface area contributed by atoms with E-state index in [4.69, 9.17) is 5.73 Å². The zero-order valence-corrected chi connectivity index (χ0v) is 15.0. The van der Waals surface area contributed by atoms with Crippen molar-refractivity contribution >= 4 is 11.8 Å². The molecule has 1 aliphatic rings. The van der Waals surface area contributed by atoms with Gasteiger partial charge < -0.3 is 10.6 Å². The summed E-state index contributed by atoms with van der Waals surface area (Å²) in [4.78, 5) is 34.3. The number of aryl methyl sites for hydroxylation is 1. The number of hydrogen-bond donors (Lipinski definition) is 1. The third-order valence-corrected chi connectivity index (χ3v) is 5.00. The fraction of sp³-hybridized carbons (Fsp3) is 0.400. The van der Waals surface area contributed by atoms with Gasteiger partial charge in [-0.3, -0.25) is 9.59 Å². The van der Waals surface area contributed by atoms with E-state index in [2.05, 4.69) is 29.0 Å². The smallest absolute Gasteiger partial charge is 0.274 e. The van der Waals surface area contributed by atoms with Crippen LogP contribution in [0.2, 0.25) is 0 Å². The first-order valence-electron chi connectivity index (χ1n) is 9.03. The fourth-order valence-electron chi connectivity index (χ4n) is 3.44. The predicted octanol–water partition coefficient (Wildman–Crippen LogP) is 2.86. The standard InChI is InChI=1S/C20H24N4O2/c1-14-7-5-6-8-15(14)13-24(16-9-3-2-4-10-16)20(26)18-12-22-17(11-23-18)19(21)25/h5-8,11-12,16H,2-4,9-10,13H2,1H3,(H2,21,25). The molecule has 3 rings (SSSR count). The van der Waals surface area contributed by atoms with Crippen LogP contribution in [0.1, 0.15) is 64.2 Å². The molecule has 6 heteroatoms. The molecule has 1 aromatic heterocycles. The minimum atomic E-state index is -0.652. The van der Waals surface area contributed by atoms with E-state index in [1.807, 2.05) is 17.0 Å². The van der Waals surface area contributed by atoms with Crippen LogP contribution in [-0.2, 0) is 6.54 Å². The maximum Gasteiger partial charge on any atom is 0.274 e. The van der Waals surface area contributed by atoms with Gasteiger partial charge in [0, 0.05) is 12.6 Å². The van der Waals surface area contributed by atoms with Crippen LogP contribution in [0.15, 0.2) is 36.7 Å². The summed E-state index contributed by atoms with van der Waals surface area (Å²) < 4.78 is 0. The van der Waals surface area contributed by atoms with E-state index in [1.54, 1.807) is 0 Å². The molecule has 0 aliphatic heterocycles. The topological polar surface area (TPSA) is 89.2 Å². The SMILES string of the molecule is Cc1ccccc1CN(C(=O)c1cnc(C(N)=O)cn1)C1CCCCC1. The van der Waals surface area contributed by atoms with Gasteiger partial charge in [0.1, 0.15) is 11.4 Å². The molecular formula is C20H24N4O2. The summed E-state index contributed by atoms with van der Waals surface area (Å²) in [6, 6.07) is 8.31. The van der Waals surface area contributed by atoms with E-state index < -0.39 is 5.91 Å². The second kappa shape index (κ2) is 8.08. The molecule has 0 unspecified atom stereocenters. The average Bonchev–Trinajstić information content (AvgIpc) is 2.67. The summed E-state index contributed by atoms with van der Waals surface area (Å²) >= 11 is 0. The van der Waals surface area contributed by atoms with Gasteiger partial charge in [-0.15, -0.1) is 0 Å². The number of nitrogens with two attached hydrogens (primary N) is 1. The number of primary amides is 1. The highest BCUT2D eigenvalue weighted by Gasteiger charge is 2.27. The Morgan fingerprint density at radius 2 is 1.73 bits per heavy atom. The zero-order chi connectivity index (χ0) is 18.5. The molecule has 0 saturated heterocycles. The van der Waals surface area contributed by atoms with Crippen molar-refractivity contribution in [1.82, 2.24) is 14.9 Å². The molecule has 0 spiro atoms. The second-order valence-corrected chi connectivity index (χ2v) is 6.80. The van der Waals surface area contributed by atoms with Crippen molar-refractivity contribution in [3.63, 3.8) is 0 Å². The van der Waals surface area contributed by atoms with E-state index in [0.29, 0.717) is 6.54 Å². The summed E-state index contributed by atoms with van der Waals surface area (Å²) in [7, 11) is 0. The molecule has 1 heterocycles. The molecule has 0 radical (unpaired) electrons. The van der Waals surface area contributed by atoms with E-state index in [9.17, 15) is 9.59 Å². The normalized spacial score (nSPS) is 14.8. The summed E-state index contributed by atoms with van der Waals surface area (Å²) in [5, 5.41) is 0. The largest absolute Gasteiger partial charge is 0.364 e. The Hall–Kier alpha value is -2.76. The summed E-state index contributed by atoms with van der Waals surface area (Å²) in [5.74, 6) is -0.802. The average molecular weight is 352 g/mol. The summed E-state index contributed by atoms with van der Waals surface area (Å²) in [5.41, 5.74) is 7.80. The molecule has 1 aromatic carbocycles. The number of aromatic nitrogens is 2. The van der Waals surface area contributed by atoms with Crippen LogP contribution in [0.5, 0.6) is 0 Å². The first-order chi connectivity index (χ1) is 12.6. The van der Waals surface area contributed by atoms with Gasteiger partial charge in [0.05, 0.1) is 12.4 Å². The molecular weight excluding hydrogens is 328 g/mol. The highest BCUT2D eigenvalue weighted by molar-refractivity contribution is 5.94. The van der Waals surface area contributed by atoms with Gasteiger partial charge in [-0.1, -0.05) is 43.5 Å². The number of hydrogen-bond acceptors (Lipinski definition) is 4. The van der Waals surface area contributed by atoms with Crippen LogP contribution < -0.4 is 5.73 Å². The molecule has 1 saturated carbocycles. The monoisotopic (exact) mass is 352 g/mol. The lowest BCUT2D eigenvalue weighted by molar-refractivity contribution is 0.0606. The number of rotatable bonds is 5. The molecule has 2 aromatic rings. The number of amides is 2. The van der Waals surface area contributed by atoms with E-state index >= 15 is 0 Å². The summed E-state index contributed by atoms with van der Waals surface area (Å²) in [6.07, 6.45) is 8.10.